The second-order valence-electron chi connectivity index (χ2n) is 6.38. The molecule has 140 valence electrons. The summed E-state index contributed by atoms with van der Waals surface area (Å²) in [6.07, 6.45) is 3.73. The summed E-state index contributed by atoms with van der Waals surface area (Å²) in [7, 11) is 0. The first kappa shape index (κ1) is 20.5. The Morgan fingerprint density at radius 2 is 2.08 bits per heavy atom. The fourth-order valence-electron chi connectivity index (χ4n) is 3.05. The molecule has 1 aliphatic rings. The van der Waals surface area contributed by atoms with Gasteiger partial charge < -0.3 is 15.2 Å². The molecule has 1 atom stereocenters. The van der Waals surface area contributed by atoms with E-state index < -0.39 is 0 Å². The Hall–Kier alpha value is -1.82. The normalized spacial score (nSPS) is 16.1. The van der Waals surface area contributed by atoms with Crippen LogP contribution < -0.4 is 16.2 Å². The monoisotopic (exact) mass is 395 g/mol. The van der Waals surface area contributed by atoms with E-state index in [1.54, 1.807) is 18.3 Å². The summed E-state index contributed by atoms with van der Waals surface area (Å²) in [5.74, 6) is 0.480. The van der Waals surface area contributed by atoms with Crippen LogP contribution >= 0.6 is 24.0 Å². The lowest BCUT2D eigenvalue weighted by Crippen LogP contribution is -2.28. The molecule has 0 spiro atoms. The van der Waals surface area contributed by atoms with Crippen LogP contribution in [0.25, 0.3) is 0 Å². The van der Waals surface area contributed by atoms with Crippen LogP contribution in [0, 0.1) is 5.92 Å². The maximum atomic E-state index is 12.3. The van der Waals surface area contributed by atoms with Gasteiger partial charge >= 0.3 is 0 Å². The molecular weight excluding hydrogens is 373 g/mol. The summed E-state index contributed by atoms with van der Waals surface area (Å²) >= 11 is 6.16. The molecule has 3 rings (SSSR count). The third-order valence-corrected chi connectivity index (χ3v) is 4.91. The molecule has 5 nitrogen and oxygen atoms in total. The Balaban J connectivity index is 0.00000243. The number of amides is 1. The van der Waals surface area contributed by atoms with Gasteiger partial charge in [-0.05, 0) is 49.5 Å². The molecule has 26 heavy (non-hydrogen) atoms. The van der Waals surface area contributed by atoms with Crippen molar-refractivity contribution in [1.29, 1.82) is 0 Å². The lowest BCUT2D eigenvalue weighted by molar-refractivity contribution is 0.0951. The summed E-state index contributed by atoms with van der Waals surface area (Å²) in [6.45, 7) is 3.08. The van der Waals surface area contributed by atoms with Gasteiger partial charge in [0.25, 0.3) is 11.5 Å². The van der Waals surface area contributed by atoms with Crippen molar-refractivity contribution < 1.29 is 4.79 Å². The van der Waals surface area contributed by atoms with Gasteiger partial charge in [0.2, 0.25) is 0 Å². The minimum Gasteiger partial charge on any atom is -0.352 e. The van der Waals surface area contributed by atoms with Gasteiger partial charge in [-0.1, -0.05) is 29.8 Å². The predicted molar refractivity (Wildman–Crippen MR) is 106 cm³/mol. The average Bonchev–Trinajstić information content (AvgIpc) is 3.12. The summed E-state index contributed by atoms with van der Waals surface area (Å²) in [4.78, 5) is 24.4. The van der Waals surface area contributed by atoms with Crippen molar-refractivity contribution in [2.24, 2.45) is 5.92 Å². The minimum absolute atomic E-state index is 0. The number of carbonyl (C=O) groups excluding carboxylic acids is 1. The van der Waals surface area contributed by atoms with Crippen LogP contribution in [0.15, 0.2) is 47.4 Å². The van der Waals surface area contributed by atoms with E-state index >= 15 is 0 Å². The van der Waals surface area contributed by atoms with Gasteiger partial charge in [0.1, 0.15) is 0 Å². The van der Waals surface area contributed by atoms with Crippen molar-refractivity contribution >= 4 is 29.9 Å². The third-order valence-electron chi connectivity index (χ3n) is 4.54. The average molecular weight is 396 g/mol. The highest BCUT2D eigenvalue weighted by Crippen LogP contribution is 2.15. The second-order valence-corrected chi connectivity index (χ2v) is 6.79. The van der Waals surface area contributed by atoms with E-state index in [4.69, 9.17) is 11.6 Å². The lowest BCUT2D eigenvalue weighted by Gasteiger charge is -2.11. The number of benzene rings is 1. The fourth-order valence-corrected chi connectivity index (χ4v) is 3.25. The molecule has 1 fully saturated rings. The molecule has 1 unspecified atom stereocenters. The van der Waals surface area contributed by atoms with E-state index in [1.807, 2.05) is 18.2 Å². The first-order chi connectivity index (χ1) is 12.1. The number of hydrogen-bond acceptors (Lipinski definition) is 3. The molecule has 2 aromatic rings. The lowest BCUT2D eigenvalue weighted by atomic mass is 10.1. The largest absolute Gasteiger partial charge is 0.352 e. The number of carbonyl (C=O) groups is 1. The van der Waals surface area contributed by atoms with Gasteiger partial charge in [-0.2, -0.15) is 0 Å². The van der Waals surface area contributed by atoms with E-state index in [-0.39, 0.29) is 23.9 Å². The van der Waals surface area contributed by atoms with Crippen LogP contribution in [0.3, 0.4) is 0 Å². The smallest absolute Gasteiger partial charge is 0.252 e. The highest BCUT2D eigenvalue weighted by atomic mass is 35.5. The van der Waals surface area contributed by atoms with E-state index in [0.717, 1.165) is 25.1 Å². The molecule has 1 aromatic heterocycles. The molecular formula is C19H23Cl2N3O2. The highest BCUT2D eigenvalue weighted by Gasteiger charge is 2.15. The number of hydrogen-bond donors (Lipinski definition) is 2. The zero-order valence-electron chi connectivity index (χ0n) is 14.4. The van der Waals surface area contributed by atoms with Crippen LogP contribution in [0.4, 0.5) is 0 Å². The van der Waals surface area contributed by atoms with Crippen molar-refractivity contribution in [2.75, 3.05) is 19.6 Å². The van der Waals surface area contributed by atoms with Crippen molar-refractivity contribution in [3.8, 4) is 0 Å². The quantitative estimate of drug-likeness (QED) is 0.789. The Kier molecular flexibility index (Phi) is 7.69. The number of nitrogens with zero attached hydrogens (tertiary/aromatic N) is 1. The summed E-state index contributed by atoms with van der Waals surface area (Å²) in [5.41, 5.74) is 1.17. The van der Waals surface area contributed by atoms with Crippen molar-refractivity contribution in [3.63, 3.8) is 0 Å². The van der Waals surface area contributed by atoms with Gasteiger partial charge in [-0.3, -0.25) is 9.59 Å². The molecule has 1 saturated heterocycles. The molecule has 2 heterocycles. The van der Waals surface area contributed by atoms with Crippen LogP contribution in [0.2, 0.25) is 5.02 Å². The first-order valence-electron chi connectivity index (χ1n) is 8.56. The van der Waals surface area contributed by atoms with Gasteiger partial charge in [-0.25, -0.2) is 0 Å². The maximum Gasteiger partial charge on any atom is 0.252 e. The first-order valence-corrected chi connectivity index (χ1v) is 8.94. The van der Waals surface area contributed by atoms with Crippen LogP contribution in [0.1, 0.15) is 28.8 Å². The summed E-state index contributed by atoms with van der Waals surface area (Å²) in [6, 6.07) is 10.4. The fraction of sp³-hybridized carbons (Fsp3) is 0.368. The molecule has 1 aromatic carbocycles. The van der Waals surface area contributed by atoms with Crippen molar-refractivity contribution in [1.82, 2.24) is 15.2 Å². The van der Waals surface area contributed by atoms with Crippen LogP contribution in [0.5, 0.6) is 0 Å². The number of nitrogens with one attached hydrogen (secondary N) is 2. The van der Waals surface area contributed by atoms with E-state index in [0.29, 0.717) is 29.6 Å². The SMILES string of the molecule is Cl.O=C(NCCC1CCNC1)c1ccc(=O)n(Cc2ccccc2Cl)c1. The molecule has 0 saturated carbocycles. The molecule has 0 radical (unpaired) electrons. The molecule has 7 heteroatoms. The Morgan fingerprint density at radius 3 is 2.81 bits per heavy atom. The van der Waals surface area contributed by atoms with E-state index in [9.17, 15) is 9.59 Å². The Bertz CT molecular complexity index is 801. The number of rotatable bonds is 6. The van der Waals surface area contributed by atoms with Crippen LogP contribution in [-0.2, 0) is 6.54 Å². The molecule has 0 aliphatic carbocycles. The molecule has 1 amide bonds. The number of pyridine rings is 1. The number of halogens is 2. The van der Waals surface area contributed by atoms with Gasteiger partial charge in [0, 0.05) is 23.8 Å². The standard InChI is InChI=1S/C19H22ClN3O2.ClH/c20-17-4-2-1-3-15(17)12-23-13-16(5-6-18(23)24)19(25)22-10-8-14-7-9-21-11-14;/h1-6,13-14,21H,7-12H2,(H,22,25);1H. The van der Waals surface area contributed by atoms with Gasteiger partial charge in [0.15, 0.2) is 0 Å². The zero-order chi connectivity index (χ0) is 17.6. The molecule has 0 bridgehead atoms. The summed E-state index contributed by atoms with van der Waals surface area (Å²) in [5, 5.41) is 6.87. The van der Waals surface area contributed by atoms with Crippen molar-refractivity contribution in [3.05, 3.63) is 69.1 Å². The Morgan fingerprint density at radius 1 is 1.27 bits per heavy atom. The summed E-state index contributed by atoms with van der Waals surface area (Å²) < 4.78 is 1.51. The zero-order valence-corrected chi connectivity index (χ0v) is 16.0. The van der Waals surface area contributed by atoms with Gasteiger partial charge in [-0.15, -0.1) is 12.4 Å². The Labute approximate surface area is 164 Å². The molecule has 2 N–H and O–H groups in total. The van der Waals surface area contributed by atoms with E-state index in [1.165, 1.54) is 17.1 Å². The van der Waals surface area contributed by atoms with Gasteiger partial charge in [0.05, 0.1) is 12.1 Å². The maximum absolute atomic E-state index is 12.3. The highest BCUT2D eigenvalue weighted by molar-refractivity contribution is 6.31. The minimum atomic E-state index is -0.159. The van der Waals surface area contributed by atoms with E-state index in [2.05, 4.69) is 10.6 Å². The topological polar surface area (TPSA) is 63.1 Å². The van der Waals surface area contributed by atoms with Crippen LogP contribution in [-0.4, -0.2) is 30.1 Å². The predicted octanol–water partition coefficient (Wildman–Crippen LogP) is 2.70. The van der Waals surface area contributed by atoms with Crippen molar-refractivity contribution in [2.45, 2.75) is 19.4 Å². The third kappa shape index (κ3) is 5.34. The molecule has 1 aliphatic heterocycles. The number of aromatic nitrogens is 1. The second kappa shape index (κ2) is 9.76.